The van der Waals surface area contributed by atoms with E-state index in [0.717, 1.165) is 41.8 Å². The largest absolute Gasteiger partial charge is 0.378 e. The number of anilines is 2. The van der Waals surface area contributed by atoms with Gasteiger partial charge in [-0.15, -0.1) is 11.3 Å². The van der Waals surface area contributed by atoms with Crippen molar-refractivity contribution < 1.29 is 8.42 Å². The normalized spacial score (nSPS) is 15.2. The lowest BCUT2D eigenvalue weighted by atomic mass is 10.2. The van der Waals surface area contributed by atoms with Crippen LogP contribution in [-0.2, 0) is 10.0 Å². The summed E-state index contributed by atoms with van der Waals surface area (Å²) in [7, 11) is 0.591. The Hall–Kier alpha value is -2.75. The molecule has 0 aliphatic carbocycles. The molecule has 1 saturated heterocycles. The first-order valence-corrected chi connectivity index (χ1v) is 12.9. The van der Waals surface area contributed by atoms with Gasteiger partial charge in [0.25, 0.3) is 0 Å². The molecular weight excluding hydrogens is 442 g/mol. The Bertz CT molecular complexity index is 1160. The number of hydrazone groups is 1. The SMILES string of the molecule is CN(C)c1ccc(C=NNc2nc(-c3ccc(S(=O)(=O)N4CCCCC4)cc3)cs2)cc1. The van der Waals surface area contributed by atoms with E-state index in [9.17, 15) is 8.42 Å². The Morgan fingerprint density at radius 1 is 1.03 bits per heavy atom. The van der Waals surface area contributed by atoms with Crippen LogP contribution in [0.5, 0.6) is 0 Å². The number of aromatic nitrogens is 1. The number of hydrogen-bond donors (Lipinski definition) is 1. The third kappa shape index (κ3) is 5.17. The molecule has 168 valence electrons. The predicted octanol–water partition coefficient (Wildman–Crippen LogP) is 4.50. The van der Waals surface area contributed by atoms with Gasteiger partial charge < -0.3 is 4.90 Å². The maximum atomic E-state index is 12.8. The summed E-state index contributed by atoms with van der Waals surface area (Å²) in [6, 6.07) is 15.1. The summed E-state index contributed by atoms with van der Waals surface area (Å²) >= 11 is 1.45. The molecule has 0 spiro atoms. The van der Waals surface area contributed by atoms with Gasteiger partial charge in [0.2, 0.25) is 15.2 Å². The van der Waals surface area contributed by atoms with Crippen molar-refractivity contribution in [2.45, 2.75) is 24.2 Å². The minimum atomic E-state index is -3.42. The fourth-order valence-corrected chi connectivity index (χ4v) is 5.72. The summed E-state index contributed by atoms with van der Waals surface area (Å²) in [5.74, 6) is 0. The zero-order chi connectivity index (χ0) is 22.6. The summed E-state index contributed by atoms with van der Waals surface area (Å²) in [6.07, 6.45) is 4.70. The first-order chi connectivity index (χ1) is 15.4. The molecule has 2 aromatic carbocycles. The zero-order valence-corrected chi connectivity index (χ0v) is 19.9. The van der Waals surface area contributed by atoms with Crippen LogP contribution in [0.1, 0.15) is 24.8 Å². The third-order valence-corrected chi connectivity index (χ3v) is 8.05. The van der Waals surface area contributed by atoms with Crippen LogP contribution in [0, 0.1) is 0 Å². The molecule has 0 atom stereocenters. The second-order valence-electron chi connectivity index (χ2n) is 7.88. The maximum absolute atomic E-state index is 12.8. The van der Waals surface area contributed by atoms with Crippen LogP contribution in [-0.4, -0.2) is 51.1 Å². The molecule has 1 fully saturated rings. The third-order valence-electron chi connectivity index (χ3n) is 5.39. The molecule has 4 rings (SSSR count). The molecule has 0 bridgehead atoms. The Balaban J connectivity index is 1.40. The minimum Gasteiger partial charge on any atom is -0.378 e. The molecule has 1 N–H and O–H groups in total. The van der Waals surface area contributed by atoms with Crippen LogP contribution >= 0.6 is 11.3 Å². The van der Waals surface area contributed by atoms with Gasteiger partial charge in [-0.1, -0.05) is 30.7 Å². The molecule has 0 radical (unpaired) electrons. The Kier molecular flexibility index (Phi) is 6.88. The molecule has 1 aromatic heterocycles. The molecule has 7 nitrogen and oxygen atoms in total. The number of nitrogens with one attached hydrogen (secondary N) is 1. The number of hydrogen-bond acceptors (Lipinski definition) is 7. The highest BCUT2D eigenvalue weighted by atomic mass is 32.2. The first-order valence-electron chi connectivity index (χ1n) is 10.6. The molecule has 0 amide bonds. The van der Waals surface area contributed by atoms with Gasteiger partial charge in [0.1, 0.15) is 0 Å². The van der Waals surface area contributed by atoms with Crippen molar-refractivity contribution in [2.75, 3.05) is 37.5 Å². The van der Waals surface area contributed by atoms with E-state index >= 15 is 0 Å². The van der Waals surface area contributed by atoms with Crippen molar-refractivity contribution in [3.05, 3.63) is 59.5 Å². The highest BCUT2D eigenvalue weighted by Crippen LogP contribution is 2.27. The van der Waals surface area contributed by atoms with Gasteiger partial charge >= 0.3 is 0 Å². The van der Waals surface area contributed by atoms with Crippen LogP contribution in [0.15, 0.2) is 63.9 Å². The molecule has 0 unspecified atom stereocenters. The summed E-state index contributed by atoms with van der Waals surface area (Å²) in [5.41, 5.74) is 6.74. The molecule has 0 saturated carbocycles. The van der Waals surface area contributed by atoms with Gasteiger partial charge in [0, 0.05) is 43.8 Å². The van der Waals surface area contributed by atoms with Gasteiger partial charge in [-0.3, -0.25) is 5.43 Å². The fraction of sp³-hybridized carbons (Fsp3) is 0.304. The Morgan fingerprint density at radius 2 is 1.72 bits per heavy atom. The smallest absolute Gasteiger partial charge is 0.243 e. The zero-order valence-electron chi connectivity index (χ0n) is 18.2. The van der Waals surface area contributed by atoms with Crippen molar-refractivity contribution in [3.8, 4) is 11.3 Å². The molecule has 32 heavy (non-hydrogen) atoms. The van der Waals surface area contributed by atoms with E-state index in [1.54, 1.807) is 22.7 Å². The van der Waals surface area contributed by atoms with Crippen molar-refractivity contribution in [1.82, 2.24) is 9.29 Å². The minimum absolute atomic E-state index is 0.335. The average molecular weight is 470 g/mol. The quantitative estimate of drug-likeness (QED) is 0.407. The topological polar surface area (TPSA) is 77.9 Å². The summed E-state index contributed by atoms with van der Waals surface area (Å²) < 4.78 is 27.2. The van der Waals surface area contributed by atoms with Gasteiger partial charge in [-0.25, -0.2) is 13.4 Å². The van der Waals surface area contributed by atoms with E-state index in [-0.39, 0.29) is 0 Å². The van der Waals surface area contributed by atoms with E-state index in [4.69, 9.17) is 0 Å². The molecular formula is C23H27N5O2S2. The number of sulfonamides is 1. The van der Waals surface area contributed by atoms with Gasteiger partial charge in [-0.05, 0) is 42.7 Å². The van der Waals surface area contributed by atoms with Gasteiger partial charge in [-0.2, -0.15) is 9.41 Å². The molecule has 1 aliphatic rings. The van der Waals surface area contributed by atoms with Crippen molar-refractivity contribution >= 4 is 38.4 Å². The van der Waals surface area contributed by atoms with Gasteiger partial charge in [0.15, 0.2) is 0 Å². The predicted molar refractivity (Wildman–Crippen MR) is 132 cm³/mol. The van der Waals surface area contributed by atoms with E-state index in [1.165, 1.54) is 11.3 Å². The van der Waals surface area contributed by atoms with Crippen molar-refractivity contribution in [2.24, 2.45) is 5.10 Å². The first kappa shape index (κ1) is 22.4. The van der Waals surface area contributed by atoms with E-state index in [0.29, 0.717) is 23.1 Å². The highest BCUT2D eigenvalue weighted by molar-refractivity contribution is 7.89. The lowest BCUT2D eigenvalue weighted by Crippen LogP contribution is -2.35. The van der Waals surface area contributed by atoms with Crippen molar-refractivity contribution in [3.63, 3.8) is 0 Å². The monoisotopic (exact) mass is 469 g/mol. The second-order valence-corrected chi connectivity index (χ2v) is 10.7. The standard InChI is InChI=1S/C23H27N5O2S2/c1-27(2)20-10-6-18(7-11-20)16-24-26-23-25-22(17-31-23)19-8-12-21(13-9-19)32(29,30)28-14-4-3-5-15-28/h6-13,16-17H,3-5,14-15H2,1-2H3,(H,25,26). The van der Waals surface area contributed by atoms with Crippen molar-refractivity contribution in [1.29, 1.82) is 0 Å². The summed E-state index contributed by atoms with van der Waals surface area (Å²) in [6.45, 7) is 1.21. The summed E-state index contributed by atoms with van der Waals surface area (Å²) in [5, 5.41) is 6.87. The number of rotatable bonds is 7. The summed E-state index contributed by atoms with van der Waals surface area (Å²) in [4.78, 5) is 6.94. The van der Waals surface area contributed by atoms with E-state index in [2.05, 4.69) is 15.5 Å². The van der Waals surface area contributed by atoms with E-state index < -0.39 is 10.0 Å². The molecule has 9 heteroatoms. The molecule has 3 aromatic rings. The van der Waals surface area contributed by atoms with E-state index in [1.807, 2.05) is 60.8 Å². The lowest BCUT2D eigenvalue weighted by Gasteiger charge is -2.25. The average Bonchev–Trinajstić information content (AvgIpc) is 3.29. The number of piperidine rings is 1. The molecule has 1 aliphatic heterocycles. The lowest BCUT2D eigenvalue weighted by molar-refractivity contribution is 0.346. The Morgan fingerprint density at radius 3 is 2.38 bits per heavy atom. The second kappa shape index (κ2) is 9.81. The highest BCUT2D eigenvalue weighted by Gasteiger charge is 2.25. The van der Waals surface area contributed by atoms with Crippen LogP contribution < -0.4 is 10.3 Å². The maximum Gasteiger partial charge on any atom is 0.243 e. The number of nitrogens with zero attached hydrogens (tertiary/aromatic N) is 4. The van der Waals surface area contributed by atoms with Crippen LogP contribution in [0.25, 0.3) is 11.3 Å². The van der Waals surface area contributed by atoms with Gasteiger partial charge in [0.05, 0.1) is 16.8 Å². The number of thiazole rings is 1. The van der Waals surface area contributed by atoms with Crippen LogP contribution in [0.3, 0.4) is 0 Å². The van der Waals surface area contributed by atoms with Crippen LogP contribution in [0.2, 0.25) is 0 Å². The Labute approximate surface area is 193 Å². The molecule has 2 heterocycles. The number of benzene rings is 2. The van der Waals surface area contributed by atoms with Crippen LogP contribution in [0.4, 0.5) is 10.8 Å². The fourth-order valence-electron chi connectivity index (χ4n) is 3.53.